The molecule has 0 aliphatic heterocycles. The molecule has 0 saturated carbocycles. The van der Waals surface area contributed by atoms with Crippen LogP contribution in [-0.4, -0.2) is 43.0 Å². The number of hydrogen-bond acceptors (Lipinski definition) is 6. The van der Waals surface area contributed by atoms with Crippen molar-refractivity contribution >= 4 is 17.8 Å². The monoisotopic (exact) mass is 425 g/mol. The quantitative estimate of drug-likeness (QED) is 0.548. The van der Waals surface area contributed by atoms with Crippen LogP contribution in [0.25, 0.3) is 17.3 Å². The number of pyridine rings is 1. The third-order valence-corrected chi connectivity index (χ3v) is 5.00. The van der Waals surface area contributed by atoms with Gasteiger partial charge in [0.2, 0.25) is 0 Å². The van der Waals surface area contributed by atoms with E-state index >= 15 is 0 Å². The van der Waals surface area contributed by atoms with Crippen molar-refractivity contribution in [3.05, 3.63) is 47.7 Å². The summed E-state index contributed by atoms with van der Waals surface area (Å²) in [5, 5.41) is 19.5. The number of ketones is 1. The van der Waals surface area contributed by atoms with Gasteiger partial charge >= 0.3 is 5.97 Å². The number of carboxylic acid groups (broad SMARTS) is 1. The van der Waals surface area contributed by atoms with Crippen molar-refractivity contribution < 1.29 is 19.8 Å². The van der Waals surface area contributed by atoms with E-state index in [4.69, 9.17) is 15.1 Å². The number of Topliss-reactive ketones (excluding diaryl/α,β-unsaturated/α-hetero) is 1. The molecule has 2 unspecified atom stereocenters. The van der Waals surface area contributed by atoms with E-state index in [-0.39, 0.29) is 24.7 Å². The number of carbonyl (C=O) groups excluding carboxylic acids is 1. The second kappa shape index (κ2) is 10.9. The lowest BCUT2D eigenvalue weighted by Crippen LogP contribution is -2.26. The van der Waals surface area contributed by atoms with Crippen molar-refractivity contribution in [2.24, 2.45) is 5.92 Å². The lowest BCUT2D eigenvalue weighted by atomic mass is 9.95. The highest BCUT2D eigenvalue weighted by atomic mass is 16.4. The average molecular weight is 426 g/mol. The standard InChI is InChI=1S/C24H31N3O4/c1-6-18(24(30)31)20(29)13-17(28)7-8-19-21(14(2)3)26-23(15(4)5)27-22(19)16-9-11-25-12-10-16/h7-12,14-15,17-18,28H,6,13H2,1-5H3,(H,30,31). The van der Waals surface area contributed by atoms with Crippen LogP contribution in [0, 0.1) is 5.92 Å². The minimum atomic E-state index is -1.16. The van der Waals surface area contributed by atoms with Gasteiger partial charge in [-0.1, -0.05) is 46.8 Å². The maximum absolute atomic E-state index is 12.2. The van der Waals surface area contributed by atoms with Gasteiger partial charge in [0.1, 0.15) is 17.5 Å². The Balaban J connectivity index is 2.46. The van der Waals surface area contributed by atoms with Crippen molar-refractivity contribution in [1.82, 2.24) is 15.0 Å². The first-order valence-corrected chi connectivity index (χ1v) is 10.6. The predicted molar refractivity (Wildman–Crippen MR) is 120 cm³/mol. The summed E-state index contributed by atoms with van der Waals surface area (Å²) in [6.45, 7) is 9.79. The summed E-state index contributed by atoms with van der Waals surface area (Å²) in [5.41, 5.74) is 3.22. The molecule has 2 aromatic rings. The van der Waals surface area contributed by atoms with E-state index in [0.29, 0.717) is 0 Å². The summed E-state index contributed by atoms with van der Waals surface area (Å²) in [4.78, 5) is 37.0. The van der Waals surface area contributed by atoms with Gasteiger partial charge in [-0.15, -0.1) is 0 Å². The highest BCUT2D eigenvalue weighted by molar-refractivity contribution is 5.98. The zero-order valence-corrected chi connectivity index (χ0v) is 18.7. The molecular weight excluding hydrogens is 394 g/mol. The van der Waals surface area contributed by atoms with Crippen molar-refractivity contribution in [3.8, 4) is 11.3 Å². The molecule has 2 heterocycles. The molecule has 7 heteroatoms. The van der Waals surface area contributed by atoms with Gasteiger partial charge in [-0.25, -0.2) is 9.97 Å². The molecule has 2 rings (SSSR count). The highest BCUT2D eigenvalue weighted by Gasteiger charge is 2.25. The zero-order valence-electron chi connectivity index (χ0n) is 18.7. The van der Waals surface area contributed by atoms with E-state index in [1.54, 1.807) is 25.4 Å². The van der Waals surface area contributed by atoms with E-state index in [1.807, 2.05) is 39.8 Å². The molecule has 0 spiro atoms. The van der Waals surface area contributed by atoms with Crippen molar-refractivity contribution in [1.29, 1.82) is 0 Å². The van der Waals surface area contributed by atoms with Crippen LogP contribution in [0.5, 0.6) is 0 Å². The lowest BCUT2D eigenvalue weighted by molar-refractivity contribution is -0.146. The first-order valence-electron chi connectivity index (χ1n) is 10.6. The predicted octanol–water partition coefficient (Wildman–Crippen LogP) is 4.23. The van der Waals surface area contributed by atoms with Crippen LogP contribution in [0.15, 0.2) is 30.6 Å². The minimum absolute atomic E-state index is 0.107. The van der Waals surface area contributed by atoms with E-state index in [2.05, 4.69) is 4.98 Å². The fourth-order valence-electron chi connectivity index (χ4n) is 3.26. The molecule has 0 amide bonds. The van der Waals surface area contributed by atoms with Crippen molar-refractivity contribution in [3.63, 3.8) is 0 Å². The minimum Gasteiger partial charge on any atom is -0.481 e. The summed E-state index contributed by atoms with van der Waals surface area (Å²) in [6, 6.07) is 3.74. The van der Waals surface area contributed by atoms with E-state index < -0.39 is 23.8 Å². The first kappa shape index (κ1) is 24.3. The number of carbonyl (C=O) groups is 2. The number of hydrogen-bond donors (Lipinski definition) is 2. The Hall–Kier alpha value is -2.93. The number of aliphatic carboxylic acids is 1. The summed E-state index contributed by atoms with van der Waals surface area (Å²) in [7, 11) is 0. The van der Waals surface area contributed by atoms with Crippen LogP contribution in [0.1, 0.15) is 76.4 Å². The van der Waals surface area contributed by atoms with E-state index in [9.17, 15) is 14.7 Å². The Labute approximate surface area is 183 Å². The van der Waals surface area contributed by atoms with Gasteiger partial charge in [0, 0.05) is 35.9 Å². The molecule has 2 N–H and O–H groups in total. The molecule has 2 atom stereocenters. The van der Waals surface area contributed by atoms with E-state index in [1.165, 1.54) is 6.08 Å². The molecule has 0 aromatic carbocycles. The molecule has 2 aromatic heterocycles. The summed E-state index contributed by atoms with van der Waals surface area (Å²) in [6.07, 6.45) is 5.47. The summed E-state index contributed by atoms with van der Waals surface area (Å²) in [5.74, 6) is -1.77. The molecule has 0 aliphatic carbocycles. The molecule has 7 nitrogen and oxygen atoms in total. The van der Waals surface area contributed by atoms with E-state index in [0.717, 1.165) is 28.3 Å². The summed E-state index contributed by atoms with van der Waals surface area (Å²) >= 11 is 0. The number of rotatable bonds is 10. The molecule has 0 radical (unpaired) electrons. The van der Waals surface area contributed by atoms with Crippen LogP contribution < -0.4 is 0 Å². The molecule has 166 valence electrons. The van der Waals surface area contributed by atoms with Crippen LogP contribution in [0.3, 0.4) is 0 Å². The maximum Gasteiger partial charge on any atom is 0.314 e. The third-order valence-electron chi connectivity index (χ3n) is 5.00. The first-order chi connectivity index (χ1) is 14.6. The van der Waals surface area contributed by atoms with Gasteiger partial charge in [-0.05, 0) is 24.5 Å². The molecular formula is C24H31N3O4. The number of aliphatic hydroxyl groups is 1. The fourth-order valence-corrected chi connectivity index (χ4v) is 3.26. The van der Waals surface area contributed by atoms with Crippen molar-refractivity contribution in [2.75, 3.05) is 0 Å². The van der Waals surface area contributed by atoms with Crippen LogP contribution in [0.2, 0.25) is 0 Å². The van der Waals surface area contributed by atoms with Crippen LogP contribution in [0.4, 0.5) is 0 Å². The van der Waals surface area contributed by atoms with Gasteiger partial charge in [-0.3, -0.25) is 14.6 Å². The SMILES string of the molecule is CCC(C(=O)O)C(=O)CC(O)C=Cc1c(-c2ccncc2)nc(C(C)C)nc1C(C)C. The second-order valence-electron chi connectivity index (χ2n) is 8.17. The molecule has 0 bridgehead atoms. The molecule has 0 aliphatic rings. The maximum atomic E-state index is 12.2. The molecule has 31 heavy (non-hydrogen) atoms. The molecule has 0 saturated heterocycles. The third kappa shape index (κ3) is 6.28. The van der Waals surface area contributed by atoms with Gasteiger partial charge in [0.25, 0.3) is 0 Å². The number of nitrogens with zero attached hydrogens (tertiary/aromatic N) is 3. The fraction of sp³-hybridized carbons (Fsp3) is 0.458. The van der Waals surface area contributed by atoms with Gasteiger partial charge in [0.05, 0.1) is 17.5 Å². The summed E-state index contributed by atoms with van der Waals surface area (Å²) < 4.78 is 0. The Kier molecular flexibility index (Phi) is 8.56. The second-order valence-corrected chi connectivity index (χ2v) is 8.17. The molecule has 0 fully saturated rings. The number of aromatic nitrogens is 3. The van der Waals surface area contributed by atoms with Gasteiger partial charge in [0.15, 0.2) is 0 Å². The Morgan fingerprint density at radius 3 is 2.23 bits per heavy atom. The number of carboxylic acids is 1. The Morgan fingerprint density at radius 2 is 1.71 bits per heavy atom. The normalized spacial score (nSPS) is 13.7. The van der Waals surface area contributed by atoms with Gasteiger partial charge < -0.3 is 10.2 Å². The largest absolute Gasteiger partial charge is 0.481 e. The Morgan fingerprint density at radius 1 is 1.06 bits per heavy atom. The van der Waals surface area contributed by atoms with Gasteiger partial charge in [-0.2, -0.15) is 0 Å². The highest BCUT2D eigenvalue weighted by Crippen LogP contribution is 2.30. The average Bonchev–Trinajstić information content (AvgIpc) is 2.72. The van der Waals surface area contributed by atoms with Crippen molar-refractivity contribution in [2.45, 2.75) is 65.4 Å². The zero-order chi connectivity index (χ0) is 23.1. The lowest BCUT2D eigenvalue weighted by Gasteiger charge is -2.17. The Bertz CT molecular complexity index is 939. The topological polar surface area (TPSA) is 113 Å². The smallest absolute Gasteiger partial charge is 0.314 e. The van der Waals surface area contributed by atoms with Crippen LogP contribution in [-0.2, 0) is 9.59 Å². The number of aliphatic hydroxyl groups excluding tert-OH is 1. The van der Waals surface area contributed by atoms with Crippen LogP contribution >= 0.6 is 0 Å².